The van der Waals surface area contributed by atoms with Crippen LogP contribution in [0.1, 0.15) is 13.3 Å². The second-order valence-electron chi connectivity index (χ2n) is 4.02. The highest BCUT2D eigenvalue weighted by Crippen LogP contribution is 1.99. The summed E-state index contributed by atoms with van der Waals surface area (Å²) < 4.78 is 5.44. The topological polar surface area (TPSA) is 86.7 Å². The highest BCUT2D eigenvalue weighted by Gasteiger charge is 2.15. The van der Waals surface area contributed by atoms with Gasteiger partial charge in [0, 0.05) is 25.1 Å². The standard InChI is InChI=1S/C9H18NO3.C2H4O2/c1-4-9(12)13-8-10(2,3)6-5-7-11;1-2(3)4/h4,11H,1,5-8H2,2-3H3;1H3,(H,3,4)/q+1;/p-1. The van der Waals surface area contributed by atoms with Crippen LogP contribution in [0.4, 0.5) is 0 Å². The average molecular weight is 247 g/mol. The molecule has 0 saturated carbocycles. The summed E-state index contributed by atoms with van der Waals surface area (Å²) in [5, 5.41) is 17.5. The highest BCUT2D eigenvalue weighted by molar-refractivity contribution is 5.81. The Morgan fingerprint density at radius 2 is 1.94 bits per heavy atom. The number of aliphatic hydroxyl groups is 1. The van der Waals surface area contributed by atoms with Crippen molar-refractivity contribution in [3.05, 3.63) is 12.7 Å². The fraction of sp³-hybridized carbons (Fsp3) is 0.636. The van der Waals surface area contributed by atoms with E-state index in [-0.39, 0.29) is 6.61 Å². The fourth-order valence-corrected chi connectivity index (χ4v) is 0.861. The van der Waals surface area contributed by atoms with Crippen molar-refractivity contribution in [1.29, 1.82) is 0 Å². The van der Waals surface area contributed by atoms with Crippen LogP contribution in [-0.2, 0) is 14.3 Å². The summed E-state index contributed by atoms with van der Waals surface area (Å²) in [7, 11) is 3.87. The lowest BCUT2D eigenvalue weighted by atomic mass is 10.4. The van der Waals surface area contributed by atoms with Gasteiger partial charge in [0.15, 0.2) is 0 Å². The number of aliphatic carboxylic acids is 1. The largest absolute Gasteiger partial charge is 0.550 e. The number of carbonyl (C=O) groups is 2. The number of carbonyl (C=O) groups excluding carboxylic acids is 2. The van der Waals surface area contributed by atoms with Crippen molar-refractivity contribution in [2.24, 2.45) is 0 Å². The number of nitrogens with zero attached hydrogens (tertiary/aromatic N) is 1. The van der Waals surface area contributed by atoms with E-state index in [2.05, 4.69) is 6.58 Å². The minimum absolute atomic E-state index is 0.164. The van der Waals surface area contributed by atoms with Crippen LogP contribution in [0.3, 0.4) is 0 Å². The van der Waals surface area contributed by atoms with E-state index >= 15 is 0 Å². The molecule has 17 heavy (non-hydrogen) atoms. The Labute approximate surface area is 102 Å². The van der Waals surface area contributed by atoms with Crippen molar-refractivity contribution >= 4 is 11.9 Å². The SMILES string of the molecule is C=CC(=O)OC[N+](C)(C)CCCO.CC(=O)[O-]. The van der Waals surface area contributed by atoms with Crippen molar-refractivity contribution in [1.82, 2.24) is 0 Å². The second-order valence-corrected chi connectivity index (χ2v) is 4.02. The Kier molecular flexibility index (Phi) is 10.4. The molecule has 0 aliphatic carbocycles. The number of esters is 1. The van der Waals surface area contributed by atoms with Gasteiger partial charge in [0.05, 0.1) is 20.6 Å². The summed E-state index contributed by atoms with van der Waals surface area (Å²) in [5.74, 6) is -1.49. The molecule has 0 spiro atoms. The predicted octanol–water partition coefficient (Wildman–Crippen LogP) is -1.11. The molecule has 0 radical (unpaired) electrons. The number of carboxylic acid groups (broad SMARTS) is 1. The third-order valence-electron chi connectivity index (χ3n) is 1.64. The van der Waals surface area contributed by atoms with Crippen LogP contribution < -0.4 is 5.11 Å². The van der Waals surface area contributed by atoms with Crippen LogP contribution >= 0.6 is 0 Å². The molecule has 6 heteroatoms. The first-order chi connectivity index (χ1) is 7.75. The van der Waals surface area contributed by atoms with Crippen molar-refractivity contribution in [3.8, 4) is 0 Å². The zero-order chi connectivity index (χ0) is 13.9. The zero-order valence-electron chi connectivity index (χ0n) is 10.6. The number of hydrogen-bond donors (Lipinski definition) is 1. The second kappa shape index (κ2) is 9.80. The third kappa shape index (κ3) is 17.2. The molecule has 0 aromatic carbocycles. The molecular weight excluding hydrogens is 226 g/mol. The number of quaternary nitrogens is 1. The van der Waals surface area contributed by atoms with Crippen molar-refractivity contribution in [2.45, 2.75) is 13.3 Å². The molecule has 0 rings (SSSR count). The van der Waals surface area contributed by atoms with Gasteiger partial charge in [0.1, 0.15) is 0 Å². The molecule has 0 aromatic heterocycles. The molecule has 0 aromatic rings. The fourth-order valence-electron chi connectivity index (χ4n) is 0.861. The van der Waals surface area contributed by atoms with Crippen LogP contribution in [0, 0.1) is 0 Å². The van der Waals surface area contributed by atoms with Gasteiger partial charge in [-0.1, -0.05) is 6.58 Å². The summed E-state index contributed by atoms with van der Waals surface area (Å²) in [6.07, 6.45) is 1.85. The first-order valence-electron chi connectivity index (χ1n) is 5.15. The average Bonchev–Trinajstić information content (AvgIpc) is 2.22. The Bertz CT molecular complexity index is 246. The summed E-state index contributed by atoms with van der Waals surface area (Å²) in [5.41, 5.74) is 0. The molecule has 100 valence electrons. The number of carboxylic acids is 1. The third-order valence-corrected chi connectivity index (χ3v) is 1.64. The van der Waals surface area contributed by atoms with Crippen molar-refractivity contribution in [2.75, 3.05) is 34.0 Å². The molecule has 0 amide bonds. The molecule has 0 fully saturated rings. The zero-order valence-corrected chi connectivity index (χ0v) is 10.6. The van der Waals surface area contributed by atoms with Crippen LogP contribution in [0.15, 0.2) is 12.7 Å². The lowest BCUT2D eigenvalue weighted by Gasteiger charge is -2.28. The molecular formula is C11H21NO5. The van der Waals surface area contributed by atoms with E-state index in [4.69, 9.17) is 19.7 Å². The first kappa shape index (κ1) is 18.0. The van der Waals surface area contributed by atoms with Gasteiger partial charge in [0.2, 0.25) is 6.73 Å². The summed E-state index contributed by atoms with van der Waals surface area (Å²) in [6, 6.07) is 0. The Morgan fingerprint density at radius 1 is 1.47 bits per heavy atom. The van der Waals surface area contributed by atoms with Gasteiger partial charge in [-0.25, -0.2) is 4.79 Å². The van der Waals surface area contributed by atoms with E-state index in [9.17, 15) is 4.79 Å². The lowest BCUT2D eigenvalue weighted by Crippen LogP contribution is -2.43. The summed E-state index contributed by atoms with van der Waals surface area (Å²) in [4.78, 5) is 19.6. The van der Waals surface area contributed by atoms with Crippen molar-refractivity contribution in [3.63, 3.8) is 0 Å². The number of hydrogen-bond acceptors (Lipinski definition) is 5. The Hall–Kier alpha value is -1.40. The highest BCUT2D eigenvalue weighted by atomic mass is 16.5. The predicted molar refractivity (Wildman–Crippen MR) is 60.5 cm³/mol. The molecule has 0 aliphatic heterocycles. The van der Waals surface area contributed by atoms with E-state index in [1.54, 1.807) is 0 Å². The Morgan fingerprint density at radius 3 is 2.29 bits per heavy atom. The summed E-state index contributed by atoms with van der Waals surface area (Å²) >= 11 is 0. The van der Waals surface area contributed by atoms with Crippen LogP contribution in [0.25, 0.3) is 0 Å². The van der Waals surface area contributed by atoms with Gasteiger partial charge in [-0.15, -0.1) is 0 Å². The maximum atomic E-state index is 10.7. The lowest BCUT2D eigenvalue weighted by molar-refractivity contribution is -0.907. The molecule has 0 heterocycles. The first-order valence-corrected chi connectivity index (χ1v) is 5.15. The molecule has 6 nitrogen and oxygen atoms in total. The molecule has 0 saturated heterocycles. The van der Waals surface area contributed by atoms with E-state index < -0.39 is 11.9 Å². The van der Waals surface area contributed by atoms with Crippen LogP contribution in [0.2, 0.25) is 0 Å². The van der Waals surface area contributed by atoms with Crippen LogP contribution in [-0.4, -0.2) is 55.5 Å². The number of rotatable bonds is 6. The minimum atomic E-state index is -1.08. The minimum Gasteiger partial charge on any atom is -0.550 e. The van der Waals surface area contributed by atoms with Gasteiger partial charge < -0.3 is 19.7 Å². The smallest absolute Gasteiger partial charge is 0.334 e. The van der Waals surface area contributed by atoms with Crippen molar-refractivity contribution < 1.29 is 29.0 Å². The van der Waals surface area contributed by atoms with Gasteiger partial charge >= 0.3 is 5.97 Å². The summed E-state index contributed by atoms with van der Waals surface area (Å²) in [6.45, 7) is 5.53. The molecule has 0 bridgehead atoms. The molecule has 0 unspecified atom stereocenters. The monoisotopic (exact) mass is 247 g/mol. The number of aliphatic hydroxyl groups excluding tert-OH is 1. The normalized spacial score (nSPS) is 9.88. The van der Waals surface area contributed by atoms with E-state index in [0.717, 1.165) is 19.5 Å². The molecule has 1 N–H and O–H groups in total. The quantitative estimate of drug-likeness (QED) is 0.278. The van der Waals surface area contributed by atoms with E-state index in [1.807, 2.05) is 14.1 Å². The van der Waals surface area contributed by atoms with E-state index in [1.165, 1.54) is 0 Å². The van der Waals surface area contributed by atoms with Gasteiger partial charge in [0.25, 0.3) is 0 Å². The maximum absolute atomic E-state index is 10.7. The Balaban J connectivity index is 0. The van der Waals surface area contributed by atoms with E-state index in [0.29, 0.717) is 17.6 Å². The molecule has 0 aliphatic rings. The number of ether oxygens (including phenoxy) is 1. The van der Waals surface area contributed by atoms with Gasteiger partial charge in [-0.2, -0.15) is 0 Å². The molecule has 0 atom stereocenters. The van der Waals surface area contributed by atoms with Gasteiger partial charge in [-0.3, -0.25) is 4.48 Å². The van der Waals surface area contributed by atoms with Gasteiger partial charge in [-0.05, 0) is 6.92 Å². The maximum Gasteiger partial charge on any atom is 0.334 e. The van der Waals surface area contributed by atoms with Crippen LogP contribution in [0.5, 0.6) is 0 Å².